The van der Waals surface area contributed by atoms with E-state index in [4.69, 9.17) is 69.6 Å². The van der Waals surface area contributed by atoms with Crippen molar-refractivity contribution in [2.45, 2.75) is 7.59 Å². The molecule has 1 heterocycles. The molecule has 0 spiro atoms. The molecule has 0 aliphatic rings. The molecule has 0 aliphatic heterocycles. The fourth-order valence-corrected chi connectivity index (χ4v) is 1.96. The molecule has 0 unspecified atom stereocenters. The molecular formula is C13H7Cl6N3. The van der Waals surface area contributed by atoms with Crippen molar-refractivity contribution in [2.75, 3.05) is 0 Å². The first-order valence-electron chi connectivity index (χ1n) is 5.80. The Morgan fingerprint density at radius 1 is 0.682 bits per heavy atom. The molecule has 0 bridgehead atoms. The molecule has 0 radical (unpaired) electrons. The van der Waals surface area contributed by atoms with Crippen LogP contribution in [-0.4, -0.2) is 15.0 Å². The van der Waals surface area contributed by atoms with Crippen molar-refractivity contribution >= 4 is 81.8 Å². The van der Waals surface area contributed by atoms with Gasteiger partial charge in [-0.1, -0.05) is 106 Å². The van der Waals surface area contributed by atoms with Crippen LogP contribution in [0.4, 0.5) is 0 Å². The third-order valence-corrected chi connectivity index (χ3v) is 3.40. The summed E-state index contributed by atoms with van der Waals surface area (Å²) in [6.45, 7) is 0. The van der Waals surface area contributed by atoms with E-state index in [1.807, 2.05) is 30.3 Å². The van der Waals surface area contributed by atoms with E-state index in [0.29, 0.717) is 0 Å². The van der Waals surface area contributed by atoms with E-state index in [9.17, 15) is 0 Å². The summed E-state index contributed by atoms with van der Waals surface area (Å²) >= 11 is 34.8. The fourth-order valence-electron chi connectivity index (χ4n) is 1.46. The average molecular weight is 418 g/mol. The van der Waals surface area contributed by atoms with Crippen LogP contribution in [0.2, 0.25) is 0 Å². The molecule has 0 N–H and O–H groups in total. The van der Waals surface area contributed by atoms with Gasteiger partial charge in [0.05, 0.1) is 0 Å². The molecule has 0 atom stereocenters. The second kappa shape index (κ2) is 7.08. The van der Waals surface area contributed by atoms with Crippen molar-refractivity contribution in [1.29, 1.82) is 0 Å². The van der Waals surface area contributed by atoms with Gasteiger partial charge in [0.2, 0.25) is 7.59 Å². The molecule has 9 heteroatoms. The topological polar surface area (TPSA) is 38.7 Å². The van der Waals surface area contributed by atoms with Gasteiger partial charge in [0.25, 0.3) is 0 Å². The van der Waals surface area contributed by atoms with Crippen LogP contribution in [0.15, 0.2) is 30.3 Å². The maximum Gasteiger partial charge on any atom is 0.250 e. The smallest absolute Gasteiger partial charge is 0.209 e. The Morgan fingerprint density at radius 2 is 1.18 bits per heavy atom. The highest BCUT2D eigenvalue weighted by molar-refractivity contribution is 6.67. The molecule has 0 saturated heterocycles. The van der Waals surface area contributed by atoms with Gasteiger partial charge in [-0.25, -0.2) is 15.0 Å². The Labute approximate surface area is 157 Å². The van der Waals surface area contributed by atoms with Crippen LogP contribution in [0.1, 0.15) is 23.0 Å². The number of hydrogen-bond acceptors (Lipinski definition) is 3. The van der Waals surface area contributed by atoms with Crippen LogP contribution >= 0.6 is 69.6 Å². The van der Waals surface area contributed by atoms with E-state index in [1.54, 1.807) is 12.2 Å². The van der Waals surface area contributed by atoms with Crippen LogP contribution in [0, 0.1) is 0 Å². The van der Waals surface area contributed by atoms with Gasteiger partial charge in [-0.2, -0.15) is 0 Å². The van der Waals surface area contributed by atoms with Crippen molar-refractivity contribution in [1.82, 2.24) is 15.0 Å². The number of rotatable bonds is 2. The zero-order chi connectivity index (χ0) is 16.4. The lowest BCUT2D eigenvalue weighted by Crippen LogP contribution is -2.16. The first-order chi connectivity index (χ1) is 10.2. The molecule has 0 amide bonds. The Morgan fingerprint density at radius 3 is 1.64 bits per heavy atom. The highest BCUT2D eigenvalue weighted by Gasteiger charge is 2.33. The minimum atomic E-state index is -1.86. The summed E-state index contributed by atoms with van der Waals surface area (Å²) in [6.07, 6.45) is 3.39. The Kier molecular flexibility index (Phi) is 5.81. The second-order valence-electron chi connectivity index (χ2n) is 4.08. The highest BCUT2D eigenvalue weighted by Crippen LogP contribution is 2.39. The molecule has 2 rings (SSSR count). The number of halogens is 6. The molecule has 3 nitrogen and oxygen atoms in total. The largest absolute Gasteiger partial charge is 0.250 e. The van der Waals surface area contributed by atoms with E-state index in [1.165, 1.54) is 0 Å². The number of nitrogens with zero attached hydrogens (tertiary/aromatic N) is 3. The first-order valence-corrected chi connectivity index (χ1v) is 8.06. The van der Waals surface area contributed by atoms with Gasteiger partial charge in [-0.05, 0) is 11.6 Å². The quantitative estimate of drug-likeness (QED) is 0.588. The zero-order valence-electron chi connectivity index (χ0n) is 10.7. The van der Waals surface area contributed by atoms with Crippen LogP contribution in [0.3, 0.4) is 0 Å². The Bertz CT molecular complexity index is 644. The van der Waals surface area contributed by atoms with Crippen LogP contribution in [0.5, 0.6) is 0 Å². The van der Waals surface area contributed by atoms with E-state index >= 15 is 0 Å². The van der Waals surface area contributed by atoms with E-state index in [-0.39, 0.29) is 17.5 Å². The number of hydrogen-bond donors (Lipinski definition) is 0. The Hall–Kier alpha value is -0.290. The van der Waals surface area contributed by atoms with Crippen molar-refractivity contribution in [3.8, 4) is 0 Å². The molecule has 22 heavy (non-hydrogen) atoms. The van der Waals surface area contributed by atoms with Crippen LogP contribution in [0.25, 0.3) is 12.2 Å². The summed E-state index contributed by atoms with van der Waals surface area (Å²) in [5, 5.41) is 0. The number of alkyl halides is 6. The van der Waals surface area contributed by atoms with Crippen molar-refractivity contribution in [3.63, 3.8) is 0 Å². The van der Waals surface area contributed by atoms with E-state index < -0.39 is 7.59 Å². The maximum atomic E-state index is 5.79. The summed E-state index contributed by atoms with van der Waals surface area (Å²) in [6, 6.07) is 9.51. The average Bonchev–Trinajstić information content (AvgIpc) is 2.44. The monoisotopic (exact) mass is 415 g/mol. The van der Waals surface area contributed by atoms with Crippen LogP contribution < -0.4 is 0 Å². The predicted molar refractivity (Wildman–Crippen MR) is 93.7 cm³/mol. The third-order valence-electron chi connectivity index (χ3n) is 2.38. The van der Waals surface area contributed by atoms with Gasteiger partial charge in [0.15, 0.2) is 17.5 Å². The summed E-state index contributed by atoms with van der Waals surface area (Å²) in [7, 11) is 0. The molecule has 1 aromatic heterocycles. The summed E-state index contributed by atoms with van der Waals surface area (Å²) in [5.74, 6) is -0.0374. The standard InChI is InChI=1S/C13H7Cl6N3/c14-12(15,16)10-20-9(21-11(22-10)13(17,18)19)7-6-8-4-2-1-3-5-8/h1-7H/b7-6+. The Balaban J connectivity index is 2.45. The first kappa shape index (κ1) is 18.1. The van der Waals surface area contributed by atoms with Gasteiger partial charge >= 0.3 is 0 Å². The van der Waals surface area contributed by atoms with Gasteiger partial charge in [0.1, 0.15) is 0 Å². The SMILES string of the molecule is ClC(Cl)(Cl)c1nc(/C=C/c2ccccc2)nc(C(Cl)(Cl)Cl)n1. The number of aromatic nitrogens is 3. The lowest BCUT2D eigenvalue weighted by Gasteiger charge is -2.14. The van der Waals surface area contributed by atoms with Gasteiger partial charge < -0.3 is 0 Å². The summed E-state index contributed by atoms with van der Waals surface area (Å²) < 4.78 is -3.72. The summed E-state index contributed by atoms with van der Waals surface area (Å²) in [4.78, 5) is 12.0. The highest BCUT2D eigenvalue weighted by atomic mass is 35.6. The summed E-state index contributed by atoms with van der Waals surface area (Å²) in [5.41, 5.74) is 0.939. The molecule has 0 aliphatic carbocycles. The van der Waals surface area contributed by atoms with Crippen molar-refractivity contribution in [2.24, 2.45) is 0 Å². The van der Waals surface area contributed by atoms with E-state index in [0.717, 1.165) is 5.56 Å². The molecule has 0 saturated carbocycles. The molecule has 0 fully saturated rings. The predicted octanol–water partition coefficient (Wildman–Crippen LogP) is 5.70. The normalized spacial score (nSPS) is 12.8. The van der Waals surface area contributed by atoms with Crippen LogP contribution in [-0.2, 0) is 7.59 Å². The van der Waals surface area contributed by atoms with Gasteiger partial charge in [0, 0.05) is 0 Å². The minimum absolute atomic E-state index is 0.124. The molecular weight excluding hydrogens is 411 g/mol. The second-order valence-corrected chi connectivity index (χ2v) is 8.64. The fraction of sp³-hybridized carbons (Fsp3) is 0.154. The van der Waals surface area contributed by atoms with Crippen molar-refractivity contribution in [3.05, 3.63) is 53.4 Å². The molecule has 2 aromatic rings. The third kappa shape index (κ3) is 5.12. The van der Waals surface area contributed by atoms with Gasteiger partial charge in [-0.3, -0.25) is 0 Å². The van der Waals surface area contributed by atoms with Gasteiger partial charge in [-0.15, -0.1) is 0 Å². The van der Waals surface area contributed by atoms with E-state index in [2.05, 4.69) is 15.0 Å². The number of benzene rings is 1. The molecule has 116 valence electrons. The van der Waals surface area contributed by atoms with Crippen molar-refractivity contribution < 1.29 is 0 Å². The lowest BCUT2D eigenvalue weighted by molar-refractivity contribution is 0.835. The zero-order valence-corrected chi connectivity index (χ0v) is 15.2. The lowest BCUT2D eigenvalue weighted by atomic mass is 10.2. The minimum Gasteiger partial charge on any atom is -0.209 e. The maximum absolute atomic E-state index is 5.79. The molecule has 1 aromatic carbocycles.